The van der Waals surface area contributed by atoms with Crippen LogP contribution in [0.25, 0.3) is 11.3 Å². The lowest BCUT2D eigenvalue weighted by Crippen LogP contribution is -2.17. The van der Waals surface area contributed by atoms with Crippen molar-refractivity contribution in [2.24, 2.45) is 0 Å². The van der Waals surface area contributed by atoms with E-state index >= 15 is 0 Å². The van der Waals surface area contributed by atoms with Gasteiger partial charge in [-0.3, -0.25) is 0 Å². The third-order valence-corrected chi connectivity index (χ3v) is 4.41. The van der Waals surface area contributed by atoms with Crippen LogP contribution in [0, 0.1) is 6.92 Å². The van der Waals surface area contributed by atoms with Gasteiger partial charge in [-0.2, -0.15) is 0 Å². The summed E-state index contributed by atoms with van der Waals surface area (Å²) in [5, 5.41) is 4.24. The third kappa shape index (κ3) is 3.84. The monoisotopic (exact) mass is 325 g/mol. The van der Waals surface area contributed by atoms with Crippen molar-refractivity contribution in [3.8, 4) is 11.3 Å². The fraction of sp³-hybridized carbons (Fsp3) is 0.200. The maximum Gasteiger partial charge on any atom is 0.134 e. The minimum atomic E-state index is 0.276. The zero-order chi connectivity index (χ0) is 16.2. The molecule has 118 valence electrons. The standard InChI is InChI=1S/C20H20ClNO/c1-14-8-9-17(12-19(14)21)20-11-10-18(23-20)13-22-15(2)16-6-4-3-5-7-16/h3-12,15,22H,13H2,1-2H3/t15-/m0/s1. The summed E-state index contributed by atoms with van der Waals surface area (Å²) in [7, 11) is 0. The Morgan fingerprint density at radius 3 is 2.57 bits per heavy atom. The van der Waals surface area contributed by atoms with E-state index in [1.54, 1.807) is 0 Å². The molecule has 0 spiro atoms. The lowest BCUT2D eigenvalue weighted by Gasteiger charge is -2.12. The molecular weight excluding hydrogens is 306 g/mol. The SMILES string of the molecule is Cc1ccc(-c2ccc(CN[C@@H](C)c3ccccc3)o2)cc1Cl. The van der Waals surface area contributed by atoms with Crippen LogP contribution >= 0.6 is 11.6 Å². The van der Waals surface area contributed by atoms with Crippen molar-refractivity contribution in [3.63, 3.8) is 0 Å². The van der Waals surface area contributed by atoms with Crippen molar-refractivity contribution in [1.82, 2.24) is 5.32 Å². The molecule has 0 saturated carbocycles. The molecule has 3 rings (SSSR count). The molecule has 0 aliphatic carbocycles. The molecule has 1 heterocycles. The molecule has 0 aliphatic heterocycles. The van der Waals surface area contributed by atoms with Crippen LogP contribution in [0.1, 0.15) is 29.9 Å². The molecule has 0 bridgehead atoms. The van der Waals surface area contributed by atoms with Crippen LogP contribution in [-0.4, -0.2) is 0 Å². The molecule has 2 aromatic carbocycles. The van der Waals surface area contributed by atoms with E-state index in [4.69, 9.17) is 16.0 Å². The van der Waals surface area contributed by atoms with E-state index in [1.165, 1.54) is 5.56 Å². The summed E-state index contributed by atoms with van der Waals surface area (Å²) in [5.41, 5.74) is 3.34. The number of furan rings is 1. The van der Waals surface area contributed by atoms with Crippen LogP contribution in [0.2, 0.25) is 5.02 Å². The zero-order valence-corrected chi connectivity index (χ0v) is 14.1. The van der Waals surface area contributed by atoms with E-state index in [2.05, 4.69) is 36.5 Å². The van der Waals surface area contributed by atoms with Crippen molar-refractivity contribution in [2.45, 2.75) is 26.4 Å². The van der Waals surface area contributed by atoms with Gasteiger partial charge in [0.1, 0.15) is 11.5 Å². The molecule has 0 fully saturated rings. The fourth-order valence-electron chi connectivity index (χ4n) is 2.49. The van der Waals surface area contributed by atoms with Crippen molar-refractivity contribution >= 4 is 11.6 Å². The van der Waals surface area contributed by atoms with Gasteiger partial charge in [0.25, 0.3) is 0 Å². The second-order valence-corrected chi connectivity index (χ2v) is 6.15. The molecule has 0 amide bonds. The summed E-state index contributed by atoms with van der Waals surface area (Å²) in [6.45, 7) is 4.84. The third-order valence-electron chi connectivity index (χ3n) is 4.00. The first-order valence-electron chi connectivity index (χ1n) is 7.77. The molecule has 0 aliphatic rings. The molecule has 3 aromatic rings. The highest BCUT2D eigenvalue weighted by molar-refractivity contribution is 6.31. The summed E-state index contributed by atoms with van der Waals surface area (Å²) in [5.74, 6) is 1.76. The summed E-state index contributed by atoms with van der Waals surface area (Å²) < 4.78 is 5.93. The van der Waals surface area contributed by atoms with E-state index < -0.39 is 0 Å². The Labute approximate surface area is 142 Å². The maximum atomic E-state index is 6.19. The number of hydrogen-bond donors (Lipinski definition) is 1. The molecule has 0 unspecified atom stereocenters. The number of rotatable bonds is 5. The van der Waals surface area contributed by atoms with Gasteiger partial charge in [-0.1, -0.05) is 54.1 Å². The molecule has 0 radical (unpaired) electrons. The first-order chi connectivity index (χ1) is 11.1. The number of benzene rings is 2. The average molecular weight is 326 g/mol. The Morgan fingerprint density at radius 2 is 1.83 bits per heavy atom. The number of aryl methyl sites for hydroxylation is 1. The maximum absolute atomic E-state index is 6.19. The van der Waals surface area contributed by atoms with Crippen LogP contribution in [0.15, 0.2) is 65.1 Å². The highest BCUT2D eigenvalue weighted by Gasteiger charge is 2.08. The fourth-order valence-corrected chi connectivity index (χ4v) is 2.67. The lowest BCUT2D eigenvalue weighted by atomic mass is 10.1. The molecule has 1 atom stereocenters. The van der Waals surface area contributed by atoms with Gasteiger partial charge < -0.3 is 9.73 Å². The minimum absolute atomic E-state index is 0.276. The smallest absolute Gasteiger partial charge is 0.134 e. The normalized spacial score (nSPS) is 12.3. The van der Waals surface area contributed by atoms with Gasteiger partial charge in [-0.25, -0.2) is 0 Å². The van der Waals surface area contributed by atoms with Crippen LogP contribution in [0.3, 0.4) is 0 Å². The van der Waals surface area contributed by atoms with Gasteiger partial charge in [0, 0.05) is 16.6 Å². The highest BCUT2D eigenvalue weighted by Crippen LogP contribution is 2.27. The Balaban J connectivity index is 1.66. The summed E-state index contributed by atoms with van der Waals surface area (Å²) in [6.07, 6.45) is 0. The van der Waals surface area contributed by atoms with Gasteiger partial charge in [-0.05, 0) is 43.2 Å². The van der Waals surface area contributed by atoms with E-state index in [0.29, 0.717) is 6.54 Å². The van der Waals surface area contributed by atoms with Gasteiger partial charge in [0.15, 0.2) is 0 Å². The summed E-state index contributed by atoms with van der Waals surface area (Å²) in [6, 6.07) is 20.6. The van der Waals surface area contributed by atoms with E-state index in [1.807, 2.05) is 43.3 Å². The van der Waals surface area contributed by atoms with Gasteiger partial charge in [-0.15, -0.1) is 0 Å². The number of nitrogens with one attached hydrogen (secondary N) is 1. The molecule has 23 heavy (non-hydrogen) atoms. The number of halogens is 1. The second kappa shape index (κ2) is 7.03. The highest BCUT2D eigenvalue weighted by atomic mass is 35.5. The van der Waals surface area contributed by atoms with Crippen LogP contribution in [0.5, 0.6) is 0 Å². The Morgan fingerprint density at radius 1 is 1.04 bits per heavy atom. The quantitative estimate of drug-likeness (QED) is 0.645. The topological polar surface area (TPSA) is 25.2 Å². The van der Waals surface area contributed by atoms with Crippen LogP contribution < -0.4 is 5.32 Å². The minimum Gasteiger partial charge on any atom is -0.460 e. The largest absolute Gasteiger partial charge is 0.460 e. The molecule has 3 heteroatoms. The van der Waals surface area contributed by atoms with Crippen molar-refractivity contribution < 1.29 is 4.42 Å². The zero-order valence-electron chi connectivity index (χ0n) is 13.3. The number of hydrogen-bond acceptors (Lipinski definition) is 2. The van der Waals surface area contributed by atoms with E-state index in [0.717, 1.165) is 27.7 Å². The van der Waals surface area contributed by atoms with E-state index in [9.17, 15) is 0 Å². The second-order valence-electron chi connectivity index (χ2n) is 5.74. The average Bonchev–Trinajstić information content (AvgIpc) is 3.05. The molecule has 1 N–H and O–H groups in total. The molecule has 1 aromatic heterocycles. The van der Waals surface area contributed by atoms with Gasteiger partial charge >= 0.3 is 0 Å². The molecule has 2 nitrogen and oxygen atoms in total. The molecular formula is C20H20ClNO. The van der Waals surface area contributed by atoms with Gasteiger partial charge in [0.2, 0.25) is 0 Å². The Bertz CT molecular complexity index is 779. The van der Waals surface area contributed by atoms with Crippen LogP contribution in [-0.2, 0) is 6.54 Å². The predicted octanol–water partition coefficient (Wildman–Crippen LogP) is 5.76. The first-order valence-corrected chi connectivity index (χ1v) is 8.15. The van der Waals surface area contributed by atoms with Crippen LogP contribution in [0.4, 0.5) is 0 Å². The molecule has 0 saturated heterocycles. The summed E-state index contributed by atoms with van der Waals surface area (Å²) in [4.78, 5) is 0. The Hall–Kier alpha value is -2.03. The first kappa shape index (κ1) is 15.9. The predicted molar refractivity (Wildman–Crippen MR) is 95.6 cm³/mol. The summed E-state index contributed by atoms with van der Waals surface area (Å²) >= 11 is 6.19. The van der Waals surface area contributed by atoms with Gasteiger partial charge in [0.05, 0.1) is 6.54 Å². The van der Waals surface area contributed by atoms with E-state index in [-0.39, 0.29) is 6.04 Å². The van der Waals surface area contributed by atoms with Crippen molar-refractivity contribution in [2.75, 3.05) is 0 Å². The van der Waals surface area contributed by atoms with Crippen molar-refractivity contribution in [1.29, 1.82) is 0 Å². The van der Waals surface area contributed by atoms with Crippen molar-refractivity contribution in [3.05, 3.63) is 82.6 Å². The Kier molecular flexibility index (Phi) is 4.85. The lowest BCUT2D eigenvalue weighted by molar-refractivity contribution is 0.468.